The van der Waals surface area contributed by atoms with Gasteiger partial charge in [-0.2, -0.15) is 8.42 Å². The fourth-order valence-electron chi connectivity index (χ4n) is 2.56. The second-order valence-corrected chi connectivity index (χ2v) is 7.03. The summed E-state index contributed by atoms with van der Waals surface area (Å²) in [5.74, 6) is -0.0637. The molecule has 1 amide bonds. The Morgan fingerprint density at radius 1 is 1.09 bits per heavy atom. The van der Waals surface area contributed by atoms with E-state index in [0.29, 0.717) is 23.4 Å². The van der Waals surface area contributed by atoms with Gasteiger partial charge in [-0.1, -0.05) is 30.3 Å². The average Bonchev–Trinajstić information content (AvgIpc) is 2.83. The summed E-state index contributed by atoms with van der Waals surface area (Å²) in [6, 6.07) is 14.1. The molecule has 0 bridgehead atoms. The molecule has 1 atom stereocenters. The maximum absolute atomic E-state index is 12.4. The van der Waals surface area contributed by atoms with E-state index in [4.69, 9.17) is 4.55 Å². The molecule has 5 nitrogen and oxygen atoms in total. The van der Waals surface area contributed by atoms with Crippen LogP contribution in [0.5, 0.6) is 0 Å². The van der Waals surface area contributed by atoms with E-state index in [1.54, 1.807) is 35.2 Å². The Morgan fingerprint density at radius 3 is 2.32 bits per heavy atom. The van der Waals surface area contributed by atoms with Crippen LogP contribution in [0, 0.1) is 0 Å². The first-order chi connectivity index (χ1) is 10.4. The number of carbonyl (C=O) groups excluding carboxylic acids is 1. The van der Waals surface area contributed by atoms with Crippen LogP contribution in [0.1, 0.15) is 33.7 Å². The lowest BCUT2D eigenvalue weighted by atomic mass is 10.1. The number of nitrogens with zero attached hydrogens (tertiary/aromatic N) is 1. The Labute approximate surface area is 128 Å². The topological polar surface area (TPSA) is 74.7 Å². The number of benzene rings is 2. The molecule has 0 unspecified atom stereocenters. The van der Waals surface area contributed by atoms with Crippen molar-refractivity contribution in [2.45, 2.75) is 18.7 Å². The van der Waals surface area contributed by atoms with E-state index in [2.05, 4.69) is 0 Å². The first-order valence-electron chi connectivity index (χ1n) is 6.84. The minimum Gasteiger partial charge on any atom is -0.304 e. The molecule has 0 saturated carbocycles. The number of hydrogen-bond donors (Lipinski definition) is 1. The van der Waals surface area contributed by atoms with E-state index in [9.17, 15) is 13.2 Å². The maximum Gasteiger partial charge on any atom is 0.271 e. The van der Waals surface area contributed by atoms with Gasteiger partial charge in [0.2, 0.25) is 0 Å². The standard InChI is InChI=1S/C16H15NO4S/c1-11(22(19,20)21)12-6-8-14(9-7-12)17-10-13-4-2-3-5-15(13)16(17)18/h2-9,11H,10H2,1H3,(H,19,20,21)/t11-/m0/s1. The smallest absolute Gasteiger partial charge is 0.271 e. The molecule has 1 aliphatic rings. The normalized spacial score (nSPS) is 15.7. The van der Waals surface area contributed by atoms with Crippen molar-refractivity contribution in [1.82, 2.24) is 0 Å². The van der Waals surface area contributed by atoms with Crippen molar-refractivity contribution >= 4 is 21.7 Å². The highest BCUT2D eigenvalue weighted by Gasteiger charge is 2.28. The van der Waals surface area contributed by atoms with Crippen molar-refractivity contribution in [2.75, 3.05) is 4.90 Å². The second-order valence-electron chi connectivity index (χ2n) is 5.30. The zero-order valence-corrected chi connectivity index (χ0v) is 12.7. The van der Waals surface area contributed by atoms with E-state index >= 15 is 0 Å². The molecule has 0 aromatic heterocycles. The molecule has 114 valence electrons. The van der Waals surface area contributed by atoms with Crippen LogP contribution in [0.3, 0.4) is 0 Å². The van der Waals surface area contributed by atoms with E-state index in [-0.39, 0.29) is 5.91 Å². The molecule has 22 heavy (non-hydrogen) atoms. The highest BCUT2D eigenvalue weighted by atomic mass is 32.2. The summed E-state index contributed by atoms with van der Waals surface area (Å²) in [6.45, 7) is 1.92. The lowest BCUT2D eigenvalue weighted by Crippen LogP contribution is -2.23. The number of hydrogen-bond acceptors (Lipinski definition) is 3. The van der Waals surface area contributed by atoms with Crippen molar-refractivity contribution < 1.29 is 17.8 Å². The minimum atomic E-state index is -4.12. The number of anilines is 1. The third-order valence-electron chi connectivity index (χ3n) is 3.94. The SMILES string of the molecule is C[C@@H](c1ccc(N2Cc3ccccc3C2=O)cc1)S(=O)(=O)O. The van der Waals surface area contributed by atoms with Gasteiger partial charge in [0, 0.05) is 11.3 Å². The zero-order valence-electron chi connectivity index (χ0n) is 11.9. The fraction of sp³-hybridized carbons (Fsp3) is 0.188. The Bertz CT molecular complexity index is 827. The van der Waals surface area contributed by atoms with Gasteiger partial charge in [0.1, 0.15) is 5.25 Å². The number of fused-ring (bicyclic) bond motifs is 1. The van der Waals surface area contributed by atoms with Crippen molar-refractivity contribution in [2.24, 2.45) is 0 Å². The molecule has 0 aliphatic carbocycles. The van der Waals surface area contributed by atoms with Crippen molar-refractivity contribution in [3.05, 3.63) is 65.2 Å². The van der Waals surface area contributed by atoms with Gasteiger partial charge in [0.25, 0.3) is 16.0 Å². The minimum absolute atomic E-state index is 0.0637. The monoisotopic (exact) mass is 317 g/mol. The molecule has 2 aromatic rings. The Kier molecular flexibility index (Phi) is 3.50. The largest absolute Gasteiger partial charge is 0.304 e. The lowest BCUT2D eigenvalue weighted by Gasteiger charge is -2.17. The predicted molar refractivity (Wildman–Crippen MR) is 83.4 cm³/mol. The van der Waals surface area contributed by atoms with E-state index in [0.717, 1.165) is 5.56 Å². The van der Waals surface area contributed by atoms with Crippen LogP contribution in [-0.4, -0.2) is 18.9 Å². The summed E-state index contributed by atoms with van der Waals surface area (Å²) in [6.07, 6.45) is 0. The second kappa shape index (κ2) is 5.23. The van der Waals surface area contributed by atoms with Crippen LogP contribution in [-0.2, 0) is 16.7 Å². The molecule has 1 N–H and O–H groups in total. The van der Waals surface area contributed by atoms with Gasteiger partial charge in [-0.15, -0.1) is 0 Å². The summed E-state index contributed by atoms with van der Waals surface area (Å²) in [7, 11) is -4.12. The van der Waals surface area contributed by atoms with Crippen LogP contribution < -0.4 is 4.90 Å². The molecule has 2 aromatic carbocycles. The van der Waals surface area contributed by atoms with Gasteiger partial charge in [0.05, 0.1) is 6.54 Å². The predicted octanol–water partition coefficient (Wildman–Crippen LogP) is 2.80. The Morgan fingerprint density at radius 2 is 1.73 bits per heavy atom. The van der Waals surface area contributed by atoms with Gasteiger partial charge >= 0.3 is 0 Å². The van der Waals surface area contributed by atoms with Crippen LogP contribution >= 0.6 is 0 Å². The van der Waals surface area contributed by atoms with Crippen LogP contribution in [0.15, 0.2) is 48.5 Å². The van der Waals surface area contributed by atoms with Gasteiger partial charge in [-0.05, 0) is 36.2 Å². The third kappa shape index (κ3) is 2.51. The van der Waals surface area contributed by atoms with Gasteiger partial charge in [0.15, 0.2) is 0 Å². The highest BCUT2D eigenvalue weighted by molar-refractivity contribution is 7.86. The van der Waals surface area contributed by atoms with E-state index in [1.807, 2.05) is 18.2 Å². The number of amides is 1. The first-order valence-corrected chi connectivity index (χ1v) is 8.34. The molecular weight excluding hydrogens is 302 g/mol. The van der Waals surface area contributed by atoms with Crippen molar-refractivity contribution in [1.29, 1.82) is 0 Å². The Balaban J connectivity index is 1.88. The van der Waals surface area contributed by atoms with Crippen LogP contribution in [0.4, 0.5) is 5.69 Å². The van der Waals surface area contributed by atoms with E-state index < -0.39 is 15.4 Å². The molecule has 0 radical (unpaired) electrons. The van der Waals surface area contributed by atoms with Crippen molar-refractivity contribution in [3.63, 3.8) is 0 Å². The lowest BCUT2D eigenvalue weighted by molar-refractivity contribution is 0.0996. The molecule has 6 heteroatoms. The molecular formula is C16H15NO4S. The molecule has 0 fully saturated rings. The summed E-state index contributed by atoms with van der Waals surface area (Å²) >= 11 is 0. The van der Waals surface area contributed by atoms with Gasteiger partial charge in [-0.25, -0.2) is 0 Å². The Hall–Kier alpha value is -2.18. The highest BCUT2D eigenvalue weighted by Crippen LogP contribution is 2.30. The first kappa shape index (κ1) is 14.7. The summed E-state index contributed by atoms with van der Waals surface area (Å²) in [4.78, 5) is 14.0. The maximum atomic E-state index is 12.4. The number of rotatable bonds is 3. The van der Waals surface area contributed by atoms with Gasteiger partial charge < -0.3 is 4.90 Å². The van der Waals surface area contributed by atoms with Crippen molar-refractivity contribution in [3.8, 4) is 0 Å². The summed E-state index contributed by atoms with van der Waals surface area (Å²) in [5.41, 5.74) is 2.85. The van der Waals surface area contributed by atoms with Gasteiger partial charge in [-0.3, -0.25) is 9.35 Å². The molecule has 1 aliphatic heterocycles. The van der Waals surface area contributed by atoms with E-state index in [1.165, 1.54) is 6.92 Å². The molecule has 1 heterocycles. The third-order valence-corrected chi connectivity index (χ3v) is 5.11. The number of carbonyl (C=O) groups is 1. The molecule has 3 rings (SSSR count). The summed E-state index contributed by atoms with van der Waals surface area (Å²) < 4.78 is 31.4. The fourth-order valence-corrected chi connectivity index (χ4v) is 3.06. The molecule has 0 saturated heterocycles. The zero-order chi connectivity index (χ0) is 15.9. The average molecular weight is 317 g/mol. The van der Waals surface area contributed by atoms with Crippen LogP contribution in [0.2, 0.25) is 0 Å². The quantitative estimate of drug-likeness (QED) is 0.883. The molecule has 0 spiro atoms. The van der Waals surface area contributed by atoms with Crippen LogP contribution in [0.25, 0.3) is 0 Å². The summed E-state index contributed by atoms with van der Waals surface area (Å²) in [5, 5.41) is -0.993.